The molecule has 1 N–H and O–H groups in total. The molecule has 0 rings (SSSR count). The number of carbonyl (C=O) groups is 1. The molecule has 0 atom stereocenters. The molecule has 0 aromatic carbocycles. The quantitative estimate of drug-likeness (QED) is 0.603. The number of carboxylic acid groups (broad SMARTS) is 1. The third kappa shape index (κ3) is 4.21. The zero-order valence-corrected chi connectivity index (χ0v) is 6.85. The van der Waals surface area contributed by atoms with E-state index < -0.39 is 5.97 Å². The summed E-state index contributed by atoms with van der Waals surface area (Å²) in [5.41, 5.74) is 0. The Labute approximate surface area is 60.3 Å². The molecule has 9 heavy (non-hydrogen) atoms. The van der Waals surface area contributed by atoms with Crippen LogP contribution in [0, 0.1) is 5.92 Å². The van der Waals surface area contributed by atoms with Gasteiger partial charge in [0.2, 0.25) is 0 Å². The van der Waals surface area contributed by atoms with E-state index in [4.69, 9.17) is 5.11 Å². The zero-order valence-electron chi connectivity index (χ0n) is 5.85. The van der Waals surface area contributed by atoms with Crippen LogP contribution in [0.4, 0.5) is 0 Å². The van der Waals surface area contributed by atoms with Gasteiger partial charge in [0, 0.05) is 11.0 Å². The molecule has 0 aromatic rings. The molecule has 0 bridgehead atoms. The fraction of sp³-hybridized carbons (Fsp3) is 0.833. The standard InChI is InChI=1S/C6H12O2.Si/c1-3-5(4-2)6(7)8;/h5H,3-4H2,1-2H3,(H,7,8);. The fourth-order valence-corrected chi connectivity index (χ4v) is 0.638. The second-order valence-electron chi connectivity index (χ2n) is 1.85. The Hall–Kier alpha value is -0.313. The van der Waals surface area contributed by atoms with Gasteiger partial charge in [-0.15, -0.1) is 0 Å². The van der Waals surface area contributed by atoms with Gasteiger partial charge in [0.15, 0.2) is 0 Å². The second kappa shape index (κ2) is 5.82. The van der Waals surface area contributed by atoms with E-state index in [-0.39, 0.29) is 16.9 Å². The third-order valence-corrected chi connectivity index (χ3v) is 1.33. The molecule has 0 saturated carbocycles. The van der Waals surface area contributed by atoms with Gasteiger partial charge >= 0.3 is 5.97 Å². The Morgan fingerprint density at radius 2 is 1.78 bits per heavy atom. The third-order valence-electron chi connectivity index (χ3n) is 1.33. The van der Waals surface area contributed by atoms with Crippen LogP contribution in [0.25, 0.3) is 0 Å². The van der Waals surface area contributed by atoms with Crippen LogP contribution in [0.5, 0.6) is 0 Å². The molecule has 0 heterocycles. The summed E-state index contributed by atoms with van der Waals surface area (Å²) in [6, 6.07) is 0. The van der Waals surface area contributed by atoms with Crippen LogP contribution in [0.1, 0.15) is 26.7 Å². The Balaban J connectivity index is 0. The van der Waals surface area contributed by atoms with Crippen LogP contribution in [0.15, 0.2) is 0 Å². The van der Waals surface area contributed by atoms with Crippen LogP contribution in [-0.4, -0.2) is 22.0 Å². The van der Waals surface area contributed by atoms with Gasteiger partial charge in [-0.3, -0.25) is 4.79 Å². The SMILES string of the molecule is CCC(CC)C(=O)O.[Si]. The minimum atomic E-state index is -0.671. The average molecular weight is 144 g/mol. The first-order valence-corrected chi connectivity index (χ1v) is 2.95. The van der Waals surface area contributed by atoms with Gasteiger partial charge < -0.3 is 5.11 Å². The number of hydrogen-bond acceptors (Lipinski definition) is 1. The van der Waals surface area contributed by atoms with Crippen molar-refractivity contribution >= 4 is 16.9 Å². The van der Waals surface area contributed by atoms with Crippen molar-refractivity contribution in [3.63, 3.8) is 0 Å². The minimum Gasteiger partial charge on any atom is -0.481 e. The molecule has 0 saturated heterocycles. The van der Waals surface area contributed by atoms with Crippen molar-refractivity contribution in [3.05, 3.63) is 0 Å². The Bertz CT molecular complexity index is 79.1. The second-order valence-corrected chi connectivity index (χ2v) is 1.85. The summed E-state index contributed by atoms with van der Waals surface area (Å²) >= 11 is 0. The van der Waals surface area contributed by atoms with E-state index in [0.29, 0.717) is 0 Å². The van der Waals surface area contributed by atoms with E-state index in [1.807, 2.05) is 13.8 Å². The smallest absolute Gasteiger partial charge is 0.306 e. The highest BCUT2D eigenvalue weighted by Gasteiger charge is 2.10. The molecule has 52 valence electrons. The number of carboxylic acids is 1. The van der Waals surface area contributed by atoms with Gasteiger partial charge in [-0.05, 0) is 12.8 Å². The van der Waals surface area contributed by atoms with E-state index >= 15 is 0 Å². The van der Waals surface area contributed by atoms with Crippen molar-refractivity contribution in [3.8, 4) is 0 Å². The maximum Gasteiger partial charge on any atom is 0.306 e. The molecule has 2 nitrogen and oxygen atoms in total. The molecule has 0 aliphatic heterocycles. The predicted molar refractivity (Wildman–Crippen MR) is 37.5 cm³/mol. The normalized spacial score (nSPS) is 8.78. The number of aliphatic carboxylic acids is 1. The summed E-state index contributed by atoms with van der Waals surface area (Å²) < 4.78 is 0. The van der Waals surface area contributed by atoms with Crippen molar-refractivity contribution in [2.75, 3.05) is 0 Å². The van der Waals surface area contributed by atoms with Crippen molar-refractivity contribution in [2.45, 2.75) is 26.7 Å². The molecule has 0 spiro atoms. The maximum absolute atomic E-state index is 10.2. The lowest BCUT2D eigenvalue weighted by molar-refractivity contribution is -0.141. The first-order valence-electron chi connectivity index (χ1n) is 2.95. The van der Waals surface area contributed by atoms with Crippen LogP contribution in [0.3, 0.4) is 0 Å². The highest BCUT2D eigenvalue weighted by Crippen LogP contribution is 2.05. The minimum absolute atomic E-state index is 0. The van der Waals surface area contributed by atoms with E-state index in [1.54, 1.807) is 0 Å². The Morgan fingerprint density at radius 3 is 1.78 bits per heavy atom. The van der Waals surface area contributed by atoms with Gasteiger partial charge in [-0.1, -0.05) is 13.8 Å². The van der Waals surface area contributed by atoms with Gasteiger partial charge in [0.1, 0.15) is 0 Å². The molecule has 0 fully saturated rings. The van der Waals surface area contributed by atoms with Crippen molar-refractivity contribution < 1.29 is 9.90 Å². The summed E-state index contributed by atoms with van der Waals surface area (Å²) in [5.74, 6) is -0.801. The Morgan fingerprint density at radius 1 is 1.44 bits per heavy atom. The molecule has 0 aromatic heterocycles. The summed E-state index contributed by atoms with van der Waals surface area (Å²) in [6.45, 7) is 3.78. The van der Waals surface area contributed by atoms with E-state index in [2.05, 4.69) is 0 Å². The molecule has 0 aliphatic carbocycles. The molecular formula is C6H12O2Si. The molecular weight excluding hydrogens is 132 g/mol. The molecule has 3 heteroatoms. The average Bonchev–Trinajstić information content (AvgIpc) is 1.69. The molecule has 4 radical (unpaired) electrons. The lowest BCUT2D eigenvalue weighted by Crippen LogP contribution is -2.10. The molecule has 0 unspecified atom stereocenters. The number of hydrogen-bond donors (Lipinski definition) is 1. The number of rotatable bonds is 3. The van der Waals surface area contributed by atoms with E-state index in [9.17, 15) is 4.79 Å². The van der Waals surface area contributed by atoms with Crippen molar-refractivity contribution in [1.29, 1.82) is 0 Å². The zero-order chi connectivity index (χ0) is 6.57. The van der Waals surface area contributed by atoms with Crippen LogP contribution in [-0.2, 0) is 4.79 Å². The van der Waals surface area contributed by atoms with Crippen LogP contribution in [0.2, 0.25) is 0 Å². The van der Waals surface area contributed by atoms with Gasteiger partial charge in [-0.2, -0.15) is 0 Å². The lowest BCUT2D eigenvalue weighted by Gasteiger charge is -2.02. The van der Waals surface area contributed by atoms with E-state index in [0.717, 1.165) is 12.8 Å². The van der Waals surface area contributed by atoms with Gasteiger partial charge in [-0.25, -0.2) is 0 Å². The lowest BCUT2D eigenvalue weighted by atomic mass is 10.1. The topological polar surface area (TPSA) is 37.3 Å². The monoisotopic (exact) mass is 144 g/mol. The summed E-state index contributed by atoms with van der Waals surface area (Å²) in [7, 11) is 0. The fourth-order valence-electron chi connectivity index (χ4n) is 0.638. The van der Waals surface area contributed by atoms with Crippen LogP contribution < -0.4 is 0 Å². The van der Waals surface area contributed by atoms with Gasteiger partial charge in [0.25, 0.3) is 0 Å². The summed E-state index contributed by atoms with van der Waals surface area (Å²) in [5, 5.41) is 8.37. The predicted octanol–water partition coefficient (Wildman–Crippen LogP) is 1.13. The Kier molecular flexibility index (Phi) is 7.42. The van der Waals surface area contributed by atoms with E-state index in [1.165, 1.54) is 0 Å². The van der Waals surface area contributed by atoms with Crippen molar-refractivity contribution in [2.24, 2.45) is 5.92 Å². The highest BCUT2D eigenvalue weighted by molar-refractivity contribution is 5.75. The first-order chi connectivity index (χ1) is 3.72. The highest BCUT2D eigenvalue weighted by atomic mass is 28.1. The summed E-state index contributed by atoms with van der Waals surface area (Å²) in [6.07, 6.45) is 1.48. The largest absolute Gasteiger partial charge is 0.481 e. The van der Waals surface area contributed by atoms with Gasteiger partial charge in [0.05, 0.1) is 5.92 Å². The molecule has 0 aliphatic rings. The first kappa shape index (κ1) is 11.5. The molecule has 0 amide bonds. The van der Waals surface area contributed by atoms with Crippen molar-refractivity contribution in [1.82, 2.24) is 0 Å². The maximum atomic E-state index is 10.2. The van der Waals surface area contributed by atoms with Crippen LogP contribution >= 0.6 is 0 Å². The summed E-state index contributed by atoms with van der Waals surface area (Å²) in [4.78, 5) is 10.2.